The molecular weight excluding hydrogens is 224 g/mol. The lowest BCUT2D eigenvalue weighted by atomic mass is 9.81. The van der Waals surface area contributed by atoms with Crippen molar-refractivity contribution >= 4 is 5.82 Å². The Balaban J connectivity index is 1.99. The summed E-state index contributed by atoms with van der Waals surface area (Å²) in [6.07, 6.45) is 4.91. The van der Waals surface area contributed by atoms with Gasteiger partial charge < -0.3 is 10.3 Å². The van der Waals surface area contributed by atoms with Crippen LogP contribution in [0.15, 0.2) is 28.8 Å². The lowest BCUT2D eigenvalue weighted by molar-refractivity contribution is 0.279. The second kappa shape index (κ2) is 4.48. The summed E-state index contributed by atoms with van der Waals surface area (Å²) in [6, 6.07) is 8.24. The van der Waals surface area contributed by atoms with Crippen molar-refractivity contribution in [1.82, 2.24) is 5.16 Å². The molecule has 1 heterocycles. The molecule has 1 aromatic carbocycles. The van der Waals surface area contributed by atoms with Crippen LogP contribution in [0.5, 0.6) is 0 Å². The lowest BCUT2D eigenvalue weighted by Gasteiger charge is -2.24. The third-order valence-corrected chi connectivity index (χ3v) is 3.90. The van der Waals surface area contributed by atoms with E-state index >= 15 is 0 Å². The first-order valence-corrected chi connectivity index (χ1v) is 6.55. The zero-order chi connectivity index (χ0) is 12.5. The molecule has 1 fully saturated rings. The average Bonchev–Trinajstić information content (AvgIpc) is 2.66. The molecule has 1 saturated carbocycles. The van der Waals surface area contributed by atoms with E-state index in [1.165, 1.54) is 24.8 Å². The topological polar surface area (TPSA) is 52.0 Å². The maximum Gasteiger partial charge on any atom is 0.175 e. The van der Waals surface area contributed by atoms with Crippen molar-refractivity contribution in [3.8, 4) is 11.1 Å². The molecular formula is C15H18N2O. The number of nitrogens with two attached hydrogens (primary N) is 1. The van der Waals surface area contributed by atoms with Crippen LogP contribution in [0.3, 0.4) is 0 Å². The summed E-state index contributed by atoms with van der Waals surface area (Å²) in [5, 5.41) is 3.95. The van der Waals surface area contributed by atoms with Gasteiger partial charge in [-0.25, -0.2) is 0 Å². The summed E-state index contributed by atoms with van der Waals surface area (Å²) in [5.74, 6) is 2.21. The molecule has 0 spiro atoms. The first-order chi connectivity index (χ1) is 8.75. The van der Waals surface area contributed by atoms with Crippen molar-refractivity contribution in [1.29, 1.82) is 0 Å². The number of anilines is 1. The highest BCUT2D eigenvalue weighted by atomic mass is 16.5. The van der Waals surface area contributed by atoms with Gasteiger partial charge in [-0.2, -0.15) is 0 Å². The summed E-state index contributed by atoms with van der Waals surface area (Å²) in [5.41, 5.74) is 9.33. The van der Waals surface area contributed by atoms with E-state index in [0.717, 1.165) is 29.2 Å². The van der Waals surface area contributed by atoms with Gasteiger partial charge in [0.05, 0.1) is 5.56 Å². The Hall–Kier alpha value is -1.77. The Kier molecular flexibility index (Phi) is 2.82. The number of nitrogen functional groups attached to an aromatic ring is 1. The van der Waals surface area contributed by atoms with E-state index in [1.807, 2.05) is 12.1 Å². The van der Waals surface area contributed by atoms with Gasteiger partial charge in [0.1, 0.15) is 5.76 Å². The van der Waals surface area contributed by atoms with Crippen LogP contribution in [0.1, 0.15) is 30.6 Å². The number of aromatic nitrogens is 1. The van der Waals surface area contributed by atoms with Crippen molar-refractivity contribution in [3.05, 3.63) is 35.6 Å². The zero-order valence-corrected chi connectivity index (χ0v) is 10.6. The summed E-state index contributed by atoms with van der Waals surface area (Å²) < 4.78 is 5.44. The monoisotopic (exact) mass is 242 g/mol. The summed E-state index contributed by atoms with van der Waals surface area (Å²) in [4.78, 5) is 0. The second-order valence-electron chi connectivity index (χ2n) is 5.18. The lowest BCUT2D eigenvalue weighted by Crippen LogP contribution is -2.13. The van der Waals surface area contributed by atoms with Crippen LogP contribution in [-0.4, -0.2) is 5.16 Å². The molecule has 0 unspecified atom stereocenters. The number of rotatable bonds is 3. The van der Waals surface area contributed by atoms with Gasteiger partial charge in [-0.15, -0.1) is 0 Å². The fourth-order valence-electron chi connectivity index (χ4n) is 2.58. The summed E-state index contributed by atoms with van der Waals surface area (Å²) in [6.45, 7) is 2.09. The van der Waals surface area contributed by atoms with Gasteiger partial charge in [0.2, 0.25) is 0 Å². The van der Waals surface area contributed by atoms with E-state index in [1.54, 1.807) is 0 Å². The Morgan fingerprint density at radius 1 is 1.33 bits per heavy atom. The van der Waals surface area contributed by atoms with Crippen molar-refractivity contribution in [2.45, 2.75) is 32.6 Å². The second-order valence-corrected chi connectivity index (χ2v) is 5.18. The molecule has 0 aliphatic heterocycles. The highest BCUT2D eigenvalue weighted by Crippen LogP contribution is 2.37. The Morgan fingerprint density at radius 2 is 2.11 bits per heavy atom. The average molecular weight is 242 g/mol. The first-order valence-electron chi connectivity index (χ1n) is 6.55. The molecule has 1 aliphatic rings. The van der Waals surface area contributed by atoms with Crippen molar-refractivity contribution in [2.75, 3.05) is 5.73 Å². The molecule has 0 atom stereocenters. The number of hydrogen-bond donors (Lipinski definition) is 1. The molecule has 2 N–H and O–H groups in total. The minimum absolute atomic E-state index is 0.513. The Labute approximate surface area is 107 Å². The Morgan fingerprint density at radius 3 is 2.78 bits per heavy atom. The number of nitrogens with zero attached hydrogens (tertiary/aromatic N) is 1. The molecule has 94 valence electrons. The highest BCUT2D eigenvalue weighted by Gasteiger charge is 2.24. The summed E-state index contributed by atoms with van der Waals surface area (Å²) >= 11 is 0. The molecule has 0 saturated heterocycles. The van der Waals surface area contributed by atoms with Gasteiger partial charge in [0.15, 0.2) is 5.82 Å². The molecule has 3 heteroatoms. The molecule has 2 aromatic rings. The van der Waals surface area contributed by atoms with E-state index in [0.29, 0.717) is 5.82 Å². The standard InChI is InChI=1S/C15H18N2O/c1-10-5-2-3-8-12(10)14-13(18-17-15(14)16)9-11-6-4-7-11/h2-3,5,8,11H,4,6-7,9H2,1H3,(H2,16,17). The Bertz CT molecular complexity index is 555. The van der Waals surface area contributed by atoms with E-state index < -0.39 is 0 Å². The normalized spacial score (nSPS) is 15.6. The maximum atomic E-state index is 5.97. The van der Waals surface area contributed by atoms with Crippen LogP contribution in [0, 0.1) is 12.8 Å². The molecule has 18 heavy (non-hydrogen) atoms. The molecule has 3 rings (SSSR count). The van der Waals surface area contributed by atoms with Crippen molar-refractivity contribution < 1.29 is 4.52 Å². The van der Waals surface area contributed by atoms with Crippen LogP contribution in [0.25, 0.3) is 11.1 Å². The fourth-order valence-corrected chi connectivity index (χ4v) is 2.58. The fraction of sp³-hybridized carbons (Fsp3) is 0.400. The third kappa shape index (κ3) is 1.90. The SMILES string of the molecule is Cc1ccccc1-c1c(N)noc1CC1CCC1. The molecule has 1 aliphatic carbocycles. The first kappa shape index (κ1) is 11.3. The molecule has 0 amide bonds. The zero-order valence-electron chi connectivity index (χ0n) is 10.6. The minimum atomic E-state index is 0.513. The maximum absolute atomic E-state index is 5.97. The molecule has 0 bridgehead atoms. The highest BCUT2D eigenvalue weighted by molar-refractivity contribution is 5.77. The third-order valence-electron chi connectivity index (χ3n) is 3.90. The minimum Gasteiger partial charge on any atom is -0.380 e. The summed E-state index contributed by atoms with van der Waals surface area (Å²) in [7, 11) is 0. The van der Waals surface area contributed by atoms with Crippen LogP contribution in [-0.2, 0) is 6.42 Å². The number of benzene rings is 1. The predicted octanol–water partition coefficient (Wildman–Crippen LogP) is 3.57. The van der Waals surface area contributed by atoms with Crippen LogP contribution in [0.4, 0.5) is 5.82 Å². The van der Waals surface area contributed by atoms with Crippen LogP contribution < -0.4 is 5.73 Å². The van der Waals surface area contributed by atoms with E-state index in [4.69, 9.17) is 10.3 Å². The van der Waals surface area contributed by atoms with Gasteiger partial charge in [-0.05, 0) is 24.0 Å². The quantitative estimate of drug-likeness (QED) is 0.895. The molecule has 1 aromatic heterocycles. The molecule has 0 radical (unpaired) electrons. The number of aryl methyl sites for hydroxylation is 1. The van der Waals surface area contributed by atoms with Crippen molar-refractivity contribution in [3.63, 3.8) is 0 Å². The van der Waals surface area contributed by atoms with E-state index in [9.17, 15) is 0 Å². The predicted molar refractivity (Wildman–Crippen MR) is 72.1 cm³/mol. The largest absolute Gasteiger partial charge is 0.380 e. The number of hydrogen-bond acceptors (Lipinski definition) is 3. The van der Waals surface area contributed by atoms with E-state index in [2.05, 4.69) is 24.2 Å². The van der Waals surface area contributed by atoms with Gasteiger partial charge in [-0.3, -0.25) is 0 Å². The van der Waals surface area contributed by atoms with Gasteiger partial charge >= 0.3 is 0 Å². The van der Waals surface area contributed by atoms with Crippen LogP contribution in [0.2, 0.25) is 0 Å². The van der Waals surface area contributed by atoms with Gasteiger partial charge in [0, 0.05) is 6.42 Å². The van der Waals surface area contributed by atoms with Gasteiger partial charge in [0.25, 0.3) is 0 Å². The van der Waals surface area contributed by atoms with E-state index in [-0.39, 0.29) is 0 Å². The van der Waals surface area contributed by atoms with Gasteiger partial charge in [-0.1, -0.05) is 48.7 Å². The van der Waals surface area contributed by atoms with Crippen molar-refractivity contribution in [2.24, 2.45) is 5.92 Å². The molecule has 3 nitrogen and oxygen atoms in total. The smallest absolute Gasteiger partial charge is 0.175 e. The van der Waals surface area contributed by atoms with Crippen LogP contribution >= 0.6 is 0 Å².